The third-order valence-electron chi connectivity index (χ3n) is 4.21. The van der Waals surface area contributed by atoms with Crippen molar-refractivity contribution in [2.24, 2.45) is 0 Å². The number of aromatic carboxylic acids is 1. The van der Waals surface area contributed by atoms with Crippen LogP contribution in [0.15, 0.2) is 57.9 Å². The number of halogens is 4. The lowest BCUT2D eigenvalue weighted by atomic mass is 10.2. The van der Waals surface area contributed by atoms with Crippen molar-refractivity contribution in [1.82, 2.24) is 0 Å². The van der Waals surface area contributed by atoms with Crippen LogP contribution in [0.2, 0.25) is 0 Å². The highest BCUT2D eigenvalue weighted by molar-refractivity contribution is 9.10. The quantitative estimate of drug-likeness (QED) is 0.336. The van der Waals surface area contributed by atoms with Crippen LogP contribution in [-0.2, 0) is 21.0 Å². The summed E-state index contributed by atoms with van der Waals surface area (Å²) in [6, 6.07) is 8.87. The summed E-state index contributed by atoms with van der Waals surface area (Å²) >= 11 is 4.01. The molecular formula is C20H13BrF3NO7S2. The van der Waals surface area contributed by atoms with Crippen LogP contribution in [0.4, 0.5) is 18.9 Å². The fourth-order valence-electron chi connectivity index (χ4n) is 2.73. The third-order valence-corrected chi connectivity index (χ3v) is 7.82. The van der Waals surface area contributed by atoms with Gasteiger partial charge in [-0.15, -0.1) is 11.3 Å². The molecule has 1 aromatic heterocycles. The molecule has 0 aliphatic rings. The Balaban J connectivity index is 1.88. The smallest absolute Gasteiger partial charge is 0.416 e. The molecule has 34 heavy (non-hydrogen) atoms. The average Bonchev–Trinajstić information content (AvgIpc) is 3.08. The summed E-state index contributed by atoms with van der Waals surface area (Å²) in [5.74, 6) is -2.79. The number of thiophene rings is 1. The number of nitrogens with one attached hydrogen (secondary N) is 1. The normalized spacial score (nSPS) is 11.8. The third kappa shape index (κ3) is 5.69. The predicted molar refractivity (Wildman–Crippen MR) is 120 cm³/mol. The molecule has 0 unspecified atom stereocenters. The van der Waals surface area contributed by atoms with Crippen molar-refractivity contribution in [3.05, 3.63) is 63.4 Å². The van der Waals surface area contributed by atoms with Gasteiger partial charge in [0.05, 0.1) is 19.8 Å². The Morgan fingerprint density at radius 1 is 1.09 bits per heavy atom. The van der Waals surface area contributed by atoms with Crippen LogP contribution >= 0.6 is 27.3 Å². The molecule has 0 aliphatic heterocycles. The van der Waals surface area contributed by atoms with Crippen molar-refractivity contribution in [3.8, 4) is 16.2 Å². The van der Waals surface area contributed by atoms with Crippen molar-refractivity contribution in [1.29, 1.82) is 0 Å². The second kappa shape index (κ2) is 9.64. The highest BCUT2D eigenvalue weighted by atomic mass is 79.9. The largest absolute Gasteiger partial charge is 0.479 e. The molecule has 2 aromatic carbocycles. The number of anilines is 1. The van der Waals surface area contributed by atoms with E-state index in [0.29, 0.717) is 16.5 Å². The summed E-state index contributed by atoms with van der Waals surface area (Å²) in [5, 5.41) is 18.2. The molecule has 180 valence electrons. The number of carboxylic acid groups (broad SMARTS) is 2. The average molecular weight is 580 g/mol. The summed E-state index contributed by atoms with van der Waals surface area (Å²) in [5.41, 5.74) is -0.607. The number of hydrogen-bond acceptors (Lipinski definition) is 6. The van der Waals surface area contributed by atoms with Gasteiger partial charge in [-0.2, -0.15) is 13.2 Å². The van der Waals surface area contributed by atoms with Crippen molar-refractivity contribution in [2.75, 3.05) is 11.3 Å². The maximum Gasteiger partial charge on any atom is 0.416 e. The van der Waals surface area contributed by atoms with Crippen molar-refractivity contribution in [3.63, 3.8) is 0 Å². The number of hydrogen-bond donors (Lipinski definition) is 3. The second-order valence-corrected chi connectivity index (χ2v) is 10.1. The number of sulfonamides is 1. The molecular weight excluding hydrogens is 567 g/mol. The van der Waals surface area contributed by atoms with Crippen LogP contribution in [0.5, 0.6) is 5.75 Å². The van der Waals surface area contributed by atoms with Gasteiger partial charge in [-0.25, -0.2) is 18.0 Å². The van der Waals surface area contributed by atoms with Gasteiger partial charge in [-0.05, 0) is 51.8 Å². The maximum atomic E-state index is 12.9. The van der Waals surface area contributed by atoms with E-state index in [2.05, 4.69) is 20.7 Å². The Labute approximate surface area is 202 Å². The van der Waals surface area contributed by atoms with Gasteiger partial charge in [0.15, 0.2) is 17.2 Å². The minimum atomic E-state index is -4.71. The number of carbonyl (C=O) groups is 2. The number of aliphatic carboxylic acids is 1. The Bertz CT molecular complexity index is 1350. The maximum absolute atomic E-state index is 12.9. The Morgan fingerprint density at radius 2 is 1.74 bits per heavy atom. The number of carboxylic acids is 2. The summed E-state index contributed by atoms with van der Waals surface area (Å²) in [4.78, 5) is 21.8. The van der Waals surface area contributed by atoms with E-state index >= 15 is 0 Å². The molecule has 14 heteroatoms. The van der Waals surface area contributed by atoms with Crippen molar-refractivity contribution in [2.45, 2.75) is 11.1 Å². The van der Waals surface area contributed by atoms with Gasteiger partial charge < -0.3 is 14.9 Å². The number of benzene rings is 2. The number of rotatable bonds is 8. The molecule has 0 bridgehead atoms. The lowest BCUT2D eigenvalue weighted by Gasteiger charge is -2.11. The monoisotopic (exact) mass is 579 g/mol. The molecule has 0 saturated heterocycles. The fourth-order valence-corrected chi connectivity index (χ4v) is 5.73. The lowest BCUT2D eigenvalue weighted by Crippen LogP contribution is -2.14. The zero-order chi connectivity index (χ0) is 25.3. The molecule has 0 fully saturated rings. The first-order valence-electron chi connectivity index (χ1n) is 9.00. The highest BCUT2D eigenvalue weighted by Gasteiger charge is 2.31. The summed E-state index contributed by atoms with van der Waals surface area (Å²) < 4.78 is 71.2. The number of ether oxygens (including phenoxy) is 1. The SMILES string of the molecule is O=C(O)COc1c(C(=O)O)sc(-c2ccc(NS(=O)(=O)c3cccc(C(F)(F)F)c3)cc2)c1Br. The van der Waals surface area contributed by atoms with Crippen molar-refractivity contribution < 1.29 is 46.1 Å². The van der Waals surface area contributed by atoms with Gasteiger partial charge in [0.2, 0.25) is 0 Å². The van der Waals surface area contributed by atoms with E-state index < -0.39 is 45.2 Å². The van der Waals surface area contributed by atoms with E-state index in [4.69, 9.17) is 9.84 Å². The minimum Gasteiger partial charge on any atom is -0.479 e. The van der Waals surface area contributed by atoms with Crippen LogP contribution in [-0.4, -0.2) is 37.2 Å². The fraction of sp³-hybridized carbons (Fsp3) is 0.100. The molecule has 3 rings (SSSR count). The Kier molecular flexibility index (Phi) is 7.24. The topological polar surface area (TPSA) is 130 Å². The molecule has 0 radical (unpaired) electrons. The summed E-state index contributed by atoms with van der Waals surface area (Å²) in [6.07, 6.45) is -4.71. The van der Waals surface area contributed by atoms with Gasteiger partial charge in [0, 0.05) is 5.69 Å². The van der Waals surface area contributed by atoms with Gasteiger partial charge in [-0.1, -0.05) is 18.2 Å². The van der Waals surface area contributed by atoms with E-state index in [1.165, 1.54) is 24.3 Å². The van der Waals surface area contributed by atoms with E-state index in [9.17, 15) is 36.3 Å². The van der Waals surface area contributed by atoms with E-state index in [1.807, 2.05) is 0 Å². The van der Waals surface area contributed by atoms with Crippen LogP contribution < -0.4 is 9.46 Å². The second-order valence-electron chi connectivity index (χ2n) is 6.60. The molecule has 0 spiro atoms. The highest BCUT2D eigenvalue weighted by Crippen LogP contribution is 2.45. The van der Waals surface area contributed by atoms with Crippen LogP contribution in [0, 0.1) is 0 Å². The van der Waals surface area contributed by atoms with E-state index in [0.717, 1.165) is 29.5 Å². The van der Waals surface area contributed by atoms with Gasteiger partial charge in [-0.3, -0.25) is 4.72 Å². The molecule has 0 saturated carbocycles. The Hall–Kier alpha value is -3.10. The minimum absolute atomic E-state index is 0.0506. The van der Waals surface area contributed by atoms with Crippen LogP contribution in [0.3, 0.4) is 0 Å². The summed E-state index contributed by atoms with van der Waals surface area (Å²) in [7, 11) is -4.32. The van der Waals surface area contributed by atoms with Gasteiger partial charge >= 0.3 is 18.1 Å². The summed E-state index contributed by atoms with van der Waals surface area (Å²) in [6.45, 7) is -0.759. The van der Waals surface area contributed by atoms with Crippen LogP contribution in [0.1, 0.15) is 15.2 Å². The first kappa shape index (κ1) is 25.5. The van der Waals surface area contributed by atoms with E-state index in [-0.39, 0.29) is 20.8 Å². The standard InChI is InChI=1S/C20H13BrF3NO7S2/c21-15-16(32-9-14(26)27)18(19(28)29)33-17(15)10-4-6-12(7-5-10)25-34(30,31)13-3-1-2-11(8-13)20(22,23)24/h1-8,25H,9H2,(H,26,27)(H,28,29). The molecule has 1 heterocycles. The molecule has 0 amide bonds. The number of alkyl halides is 3. The molecule has 3 N–H and O–H groups in total. The molecule has 8 nitrogen and oxygen atoms in total. The van der Waals surface area contributed by atoms with Gasteiger partial charge in [0.1, 0.15) is 0 Å². The first-order valence-corrected chi connectivity index (χ1v) is 12.1. The van der Waals surface area contributed by atoms with Gasteiger partial charge in [0.25, 0.3) is 10.0 Å². The zero-order valence-corrected chi connectivity index (χ0v) is 19.8. The molecule has 0 aliphatic carbocycles. The Morgan fingerprint density at radius 3 is 2.29 bits per heavy atom. The molecule has 3 aromatic rings. The van der Waals surface area contributed by atoms with Crippen LogP contribution in [0.25, 0.3) is 10.4 Å². The van der Waals surface area contributed by atoms with E-state index in [1.54, 1.807) is 0 Å². The zero-order valence-electron chi connectivity index (χ0n) is 16.6. The molecule has 0 atom stereocenters. The predicted octanol–water partition coefficient (Wildman–Crippen LogP) is 5.16. The first-order chi connectivity index (χ1) is 15.8. The lowest BCUT2D eigenvalue weighted by molar-refractivity contribution is -0.139. The van der Waals surface area contributed by atoms with Crippen molar-refractivity contribution >= 4 is 54.9 Å².